The van der Waals surface area contributed by atoms with Crippen molar-refractivity contribution in [2.24, 2.45) is 18.7 Å². The zero-order valence-electron chi connectivity index (χ0n) is 15.3. The van der Waals surface area contributed by atoms with Crippen LogP contribution in [0, 0.1) is 17.8 Å². The molecule has 1 aliphatic rings. The molecule has 138 valence electrons. The molecule has 0 saturated carbocycles. The number of carbonyl (C=O) groups excluding carboxylic acids is 1. The highest BCUT2D eigenvalue weighted by Crippen LogP contribution is 2.26. The quantitative estimate of drug-likeness (QED) is 0.717. The van der Waals surface area contributed by atoms with Gasteiger partial charge in [-0.1, -0.05) is 12.0 Å². The number of aryl methyl sites for hydroxylation is 1. The van der Waals surface area contributed by atoms with Gasteiger partial charge in [0.25, 0.3) is 0 Å². The molecule has 0 aromatic carbocycles. The molecule has 0 spiro atoms. The van der Waals surface area contributed by atoms with Gasteiger partial charge in [-0.25, -0.2) is 4.98 Å². The molecular formula is C20H22N6O. The molecule has 4 heterocycles. The first kappa shape index (κ1) is 17.2. The third kappa shape index (κ3) is 3.65. The molecule has 0 aliphatic carbocycles. The number of amides is 1. The van der Waals surface area contributed by atoms with Gasteiger partial charge < -0.3 is 10.6 Å². The Bertz CT molecular complexity index is 1030. The first-order valence-electron chi connectivity index (χ1n) is 9.10. The Labute approximate surface area is 157 Å². The SMILES string of the molecule is Cn1cc(C#Cc2cnc3cccc(N4CCC(CC(N)=O)CC4)n23)cn1. The van der Waals surface area contributed by atoms with Crippen molar-refractivity contribution in [2.45, 2.75) is 19.3 Å². The lowest BCUT2D eigenvalue weighted by Gasteiger charge is -2.33. The molecule has 0 bridgehead atoms. The number of rotatable bonds is 3. The first-order chi connectivity index (χ1) is 13.1. The second-order valence-corrected chi connectivity index (χ2v) is 6.97. The van der Waals surface area contributed by atoms with Crippen LogP contribution < -0.4 is 10.6 Å². The number of imidazole rings is 1. The van der Waals surface area contributed by atoms with Crippen LogP contribution in [0.2, 0.25) is 0 Å². The smallest absolute Gasteiger partial charge is 0.217 e. The van der Waals surface area contributed by atoms with Crippen molar-refractivity contribution in [3.05, 3.63) is 48.0 Å². The molecular weight excluding hydrogens is 340 g/mol. The second-order valence-electron chi connectivity index (χ2n) is 6.97. The Morgan fingerprint density at radius 2 is 2.07 bits per heavy atom. The van der Waals surface area contributed by atoms with Crippen LogP contribution in [0.3, 0.4) is 0 Å². The number of pyridine rings is 1. The standard InChI is InChI=1S/C20H22N6O/c1-24-14-16(12-23-24)5-6-17-13-22-19-3-2-4-20(26(17)19)25-9-7-15(8-10-25)11-18(21)27/h2-4,12-15H,7-11H2,1H3,(H2,21,27). The molecule has 27 heavy (non-hydrogen) atoms. The molecule has 0 atom stereocenters. The highest BCUT2D eigenvalue weighted by atomic mass is 16.1. The summed E-state index contributed by atoms with van der Waals surface area (Å²) in [5, 5.41) is 4.15. The second kappa shape index (κ2) is 7.16. The van der Waals surface area contributed by atoms with Gasteiger partial charge in [0.05, 0.1) is 18.0 Å². The van der Waals surface area contributed by atoms with E-state index >= 15 is 0 Å². The van der Waals surface area contributed by atoms with Gasteiger partial charge in [-0.3, -0.25) is 13.9 Å². The zero-order chi connectivity index (χ0) is 18.8. The maximum absolute atomic E-state index is 11.2. The maximum Gasteiger partial charge on any atom is 0.217 e. The Kier molecular flexibility index (Phi) is 4.55. The number of piperidine rings is 1. The monoisotopic (exact) mass is 362 g/mol. The molecule has 4 rings (SSSR count). The van der Waals surface area contributed by atoms with E-state index in [0.29, 0.717) is 12.3 Å². The number of carbonyl (C=O) groups is 1. The van der Waals surface area contributed by atoms with E-state index in [1.807, 2.05) is 31.6 Å². The number of anilines is 1. The highest BCUT2D eigenvalue weighted by Gasteiger charge is 2.22. The molecule has 1 saturated heterocycles. The fraction of sp³-hybridized carbons (Fsp3) is 0.350. The van der Waals surface area contributed by atoms with Crippen LogP contribution in [0.5, 0.6) is 0 Å². The Hall–Kier alpha value is -3.27. The molecule has 2 N–H and O–H groups in total. The lowest BCUT2D eigenvalue weighted by Crippen LogP contribution is -2.36. The number of primary amides is 1. The van der Waals surface area contributed by atoms with Crippen molar-refractivity contribution >= 4 is 17.4 Å². The maximum atomic E-state index is 11.2. The van der Waals surface area contributed by atoms with Crippen molar-refractivity contribution in [2.75, 3.05) is 18.0 Å². The number of fused-ring (bicyclic) bond motifs is 1. The van der Waals surface area contributed by atoms with Crippen LogP contribution >= 0.6 is 0 Å². The average Bonchev–Trinajstić information content (AvgIpc) is 3.26. The average molecular weight is 362 g/mol. The third-order valence-corrected chi connectivity index (χ3v) is 4.98. The lowest BCUT2D eigenvalue weighted by atomic mass is 9.93. The van der Waals surface area contributed by atoms with Crippen molar-refractivity contribution in [3.8, 4) is 11.8 Å². The Balaban J connectivity index is 1.62. The number of hydrogen-bond acceptors (Lipinski definition) is 4. The molecule has 0 radical (unpaired) electrons. The number of nitrogens with two attached hydrogens (primary N) is 1. The van der Waals surface area contributed by atoms with E-state index in [2.05, 4.69) is 37.3 Å². The van der Waals surface area contributed by atoms with Crippen LogP contribution in [-0.2, 0) is 11.8 Å². The molecule has 3 aromatic rings. The van der Waals surface area contributed by atoms with Gasteiger partial charge in [0.2, 0.25) is 5.91 Å². The topological polar surface area (TPSA) is 81.5 Å². The minimum Gasteiger partial charge on any atom is -0.370 e. The molecule has 1 aliphatic heterocycles. The minimum absolute atomic E-state index is 0.210. The van der Waals surface area contributed by atoms with Crippen LogP contribution in [0.1, 0.15) is 30.5 Å². The number of aromatic nitrogens is 4. The normalized spacial score (nSPS) is 14.9. The van der Waals surface area contributed by atoms with Gasteiger partial charge in [0, 0.05) is 32.8 Å². The molecule has 1 amide bonds. The number of hydrogen-bond donors (Lipinski definition) is 1. The Morgan fingerprint density at radius 3 is 2.78 bits per heavy atom. The van der Waals surface area contributed by atoms with Crippen LogP contribution in [0.4, 0.5) is 5.82 Å². The van der Waals surface area contributed by atoms with Crippen molar-refractivity contribution in [3.63, 3.8) is 0 Å². The van der Waals surface area contributed by atoms with Gasteiger partial charge in [-0.05, 0) is 36.8 Å². The fourth-order valence-electron chi connectivity index (χ4n) is 3.63. The van der Waals surface area contributed by atoms with Crippen LogP contribution in [0.15, 0.2) is 36.8 Å². The summed E-state index contributed by atoms with van der Waals surface area (Å²) in [5.74, 6) is 7.63. The molecule has 1 fully saturated rings. The van der Waals surface area contributed by atoms with Gasteiger partial charge in [0.1, 0.15) is 17.2 Å². The Morgan fingerprint density at radius 1 is 1.26 bits per heavy atom. The molecule has 7 nitrogen and oxygen atoms in total. The summed E-state index contributed by atoms with van der Waals surface area (Å²) in [6.07, 6.45) is 7.85. The summed E-state index contributed by atoms with van der Waals surface area (Å²) in [6.45, 7) is 1.79. The van der Waals surface area contributed by atoms with E-state index in [1.54, 1.807) is 10.9 Å². The van der Waals surface area contributed by atoms with Crippen molar-refractivity contribution in [1.82, 2.24) is 19.2 Å². The van der Waals surface area contributed by atoms with Crippen molar-refractivity contribution < 1.29 is 4.79 Å². The molecule has 0 unspecified atom stereocenters. The summed E-state index contributed by atoms with van der Waals surface area (Å²) >= 11 is 0. The lowest BCUT2D eigenvalue weighted by molar-refractivity contribution is -0.119. The predicted molar refractivity (Wildman–Crippen MR) is 103 cm³/mol. The van der Waals surface area contributed by atoms with E-state index in [1.165, 1.54) is 0 Å². The zero-order valence-corrected chi connectivity index (χ0v) is 15.3. The summed E-state index contributed by atoms with van der Waals surface area (Å²) in [6, 6.07) is 6.10. The largest absolute Gasteiger partial charge is 0.370 e. The predicted octanol–water partition coefficient (Wildman–Crippen LogP) is 1.56. The van der Waals surface area contributed by atoms with Crippen LogP contribution in [0.25, 0.3) is 5.65 Å². The van der Waals surface area contributed by atoms with Gasteiger partial charge >= 0.3 is 0 Å². The summed E-state index contributed by atoms with van der Waals surface area (Å²) in [5.41, 5.74) is 7.95. The van der Waals surface area contributed by atoms with E-state index in [4.69, 9.17) is 5.73 Å². The molecule has 7 heteroatoms. The van der Waals surface area contributed by atoms with Gasteiger partial charge in [-0.2, -0.15) is 5.10 Å². The highest BCUT2D eigenvalue weighted by molar-refractivity contribution is 5.74. The van der Waals surface area contributed by atoms with E-state index in [0.717, 1.165) is 48.7 Å². The van der Waals surface area contributed by atoms with Gasteiger partial charge in [-0.15, -0.1) is 0 Å². The van der Waals surface area contributed by atoms with Gasteiger partial charge in [0.15, 0.2) is 0 Å². The van der Waals surface area contributed by atoms with E-state index in [9.17, 15) is 4.79 Å². The van der Waals surface area contributed by atoms with Crippen molar-refractivity contribution in [1.29, 1.82) is 0 Å². The van der Waals surface area contributed by atoms with E-state index in [-0.39, 0.29) is 5.91 Å². The number of nitrogens with zero attached hydrogens (tertiary/aromatic N) is 5. The minimum atomic E-state index is -0.210. The summed E-state index contributed by atoms with van der Waals surface area (Å²) in [4.78, 5) is 18.0. The van der Waals surface area contributed by atoms with Crippen LogP contribution in [-0.4, -0.2) is 38.2 Å². The molecule has 3 aromatic heterocycles. The first-order valence-corrected chi connectivity index (χ1v) is 9.10. The third-order valence-electron chi connectivity index (χ3n) is 4.98. The summed E-state index contributed by atoms with van der Waals surface area (Å²) < 4.78 is 3.83. The fourth-order valence-corrected chi connectivity index (χ4v) is 3.63. The summed E-state index contributed by atoms with van der Waals surface area (Å²) in [7, 11) is 1.87. The van der Waals surface area contributed by atoms with E-state index < -0.39 is 0 Å².